The number of nitrogens with one attached hydrogen (secondary N) is 1. The summed E-state index contributed by atoms with van der Waals surface area (Å²) in [5.74, 6) is 0.146. The number of amides is 1. The van der Waals surface area contributed by atoms with Crippen LogP contribution in [0.1, 0.15) is 45.4 Å². The molecule has 0 saturated carbocycles. The first-order chi connectivity index (χ1) is 8.88. The van der Waals surface area contributed by atoms with E-state index in [0.29, 0.717) is 19.4 Å². The minimum absolute atomic E-state index is 0.0220. The maximum absolute atomic E-state index is 12.0. The quantitative estimate of drug-likeness (QED) is 0.777. The van der Waals surface area contributed by atoms with Gasteiger partial charge in [-0.15, -0.1) is 0 Å². The van der Waals surface area contributed by atoms with Crippen molar-refractivity contribution in [3.63, 3.8) is 0 Å². The number of nitrogens with zero attached hydrogens (tertiary/aromatic N) is 1. The van der Waals surface area contributed by atoms with Crippen molar-refractivity contribution in [3.8, 4) is 0 Å². The molecule has 0 spiro atoms. The highest BCUT2D eigenvalue weighted by molar-refractivity contribution is 5.76. The number of hydrogen-bond donors (Lipinski definition) is 1. The average molecular weight is 280 g/mol. The van der Waals surface area contributed by atoms with Crippen LogP contribution in [0.15, 0.2) is 0 Å². The highest BCUT2D eigenvalue weighted by atomic mass is 19.4. The van der Waals surface area contributed by atoms with Crippen LogP contribution in [0.5, 0.6) is 0 Å². The third-order valence-corrected chi connectivity index (χ3v) is 3.39. The van der Waals surface area contributed by atoms with Gasteiger partial charge in [-0.1, -0.05) is 0 Å². The molecule has 112 valence electrons. The van der Waals surface area contributed by atoms with E-state index in [-0.39, 0.29) is 18.4 Å². The normalized spacial score (nSPS) is 17.8. The number of hydrogen-bond acceptors (Lipinski definition) is 2. The van der Waals surface area contributed by atoms with Gasteiger partial charge in [0.2, 0.25) is 5.91 Å². The molecule has 1 fully saturated rings. The highest BCUT2D eigenvalue weighted by Crippen LogP contribution is 2.22. The highest BCUT2D eigenvalue weighted by Gasteiger charge is 2.26. The summed E-state index contributed by atoms with van der Waals surface area (Å²) < 4.78 is 35.9. The molecule has 1 unspecified atom stereocenters. The minimum atomic E-state index is -4.06. The Kier molecular flexibility index (Phi) is 6.62. The summed E-state index contributed by atoms with van der Waals surface area (Å²) >= 11 is 0. The Labute approximate surface area is 112 Å². The van der Waals surface area contributed by atoms with Crippen molar-refractivity contribution < 1.29 is 18.0 Å². The Balaban J connectivity index is 2.03. The Morgan fingerprint density at radius 3 is 2.53 bits per heavy atom. The van der Waals surface area contributed by atoms with Gasteiger partial charge in [0.15, 0.2) is 0 Å². The fourth-order valence-electron chi connectivity index (χ4n) is 2.26. The fourth-order valence-corrected chi connectivity index (χ4v) is 2.26. The van der Waals surface area contributed by atoms with Crippen molar-refractivity contribution in [1.29, 1.82) is 0 Å². The molecule has 0 aromatic heterocycles. The predicted octanol–water partition coefficient (Wildman–Crippen LogP) is 2.71. The van der Waals surface area contributed by atoms with E-state index in [4.69, 9.17) is 0 Å². The number of carbonyl (C=O) groups is 1. The van der Waals surface area contributed by atoms with E-state index in [1.165, 1.54) is 0 Å². The van der Waals surface area contributed by atoms with Crippen molar-refractivity contribution in [1.82, 2.24) is 10.2 Å². The van der Waals surface area contributed by atoms with Gasteiger partial charge in [-0.05, 0) is 32.6 Å². The first kappa shape index (κ1) is 16.3. The van der Waals surface area contributed by atoms with Gasteiger partial charge in [0.05, 0.1) is 0 Å². The fraction of sp³-hybridized carbons (Fsp3) is 0.923. The molecule has 1 saturated heterocycles. The van der Waals surface area contributed by atoms with E-state index in [1.807, 2.05) is 11.8 Å². The minimum Gasteiger partial charge on any atom is -0.343 e. The summed E-state index contributed by atoms with van der Waals surface area (Å²) in [6.45, 7) is 4.10. The molecule has 6 heteroatoms. The molecule has 1 atom stereocenters. The number of halogens is 3. The van der Waals surface area contributed by atoms with Crippen molar-refractivity contribution in [2.75, 3.05) is 19.6 Å². The lowest BCUT2D eigenvalue weighted by atomic mass is 10.1. The third-order valence-electron chi connectivity index (χ3n) is 3.39. The molecule has 19 heavy (non-hydrogen) atoms. The zero-order valence-electron chi connectivity index (χ0n) is 11.4. The molecule has 3 nitrogen and oxygen atoms in total. The van der Waals surface area contributed by atoms with Crippen LogP contribution in [0, 0.1) is 0 Å². The predicted molar refractivity (Wildman–Crippen MR) is 67.8 cm³/mol. The lowest BCUT2D eigenvalue weighted by Crippen LogP contribution is -2.33. The van der Waals surface area contributed by atoms with Gasteiger partial charge >= 0.3 is 6.18 Å². The van der Waals surface area contributed by atoms with Gasteiger partial charge in [0.1, 0.15) is 0 Å². The topological polar surface area (TPSA) is 32.3 Å². The molecule has 1 aliphatic heterocycles. The van der Waals surface area contributed by atoms with Crippen LogP contribution < -0.4 is 5.32 Å². The summed E-state index contributed by atoms with van der Waals surface area (Å²) in [6, 6.07) is 0.0220. The summed E-state index contributed by atoms with van der Waals surface area (Å²) in [7, 11) is 0. The third kappa shape index (κ3) is 7.40. The second-order valence-electron chi connectivity index (χ2n) is 5.20. The zero-order valence-corrected chi connectivity index (χ0v) is 11.4. The molecular formula is C13H23F3N2O. The summed E-state index contributed by atoms with van der Waals surface area (Å²) in [4.78, 5) is 13.6. The number of alkyl halides is 3. The monoisotopic (exact) mass is 280 g/mol. The smallest absolute Gasteiger partial charge is 0.343 e. The van der Waals surface area contributed by atoms with E-state index in [9.17, 15) is 18.0 Å². The molecular weight excluding hydrogens is 257 g/mol. The van der Waals surface area contributed by atoms with Gasteiger partial charge in [0.25, 0.3) is 0 Å². The molecule has 0 bridgehead atoms. The van der Waals surface area contributed by atoms with E-state index < -0.39 is 12.6 Å². The number of carbonyl (C=O) groups excluding carboxylic acids is 1. The van der Waals surface area contributed by atoms with Crippen molar-refractivity contribution >= 4 is 5.91 Å². The summed E-state index contributed by atoms with van der Waals surface area (Å²) in [6.07, 6.45) is -1.59. The van der Waals surface area contributed by atoms with Gasteiger partial charge in [-0.3, -0.25) is 4.79 Å². The zero-order chi connectivity index (χ0) is 14.3. The first-order valence-corrected chi connectivity index (χ1v) is 6.96. The SMILES string of the molecule is CC(CCCC(F)(F)F)NCCC(=O)N1CCCC1. The summed E-state index contributed by atoms with van der Waals surface area (Å²) in [5, 5.41) is 3.11. The standard InChI is InChI=1S/C13H23F3N2O/c1-11(5-4-7-13(14,15)16)17-8-6-12(19)18-9-2-3-10-18/h11,17H,2-10H2,1H3. The van der Waals surface area contributed by atoms with E-state index >= 15 is 0 Å². The number of rotatable bonds is 7. The van der Waals surface area contributed by atoms with Crippen molar-refractivity contribution in [2.24, 2.45) is 0 Å². The van der Waals surface area contributed by atoms with Gasteiger partial charge in [0, 0.05) is 38.5 Å². The van der Waals surface area contributed by atoms with Gasteiger partial charge in [-0.25, -0.2) is 0 Å². The molecule has 1 aliphatic rings. The van der Waals surface area contributed by atoms with Crippen molar-refractivity contribution in [2.45, 2.75) is 57.7 Å². The van der Waals surface area contributed by atoms with E-state index in [1.54, 1.807) is 0 Å². The molecule has 0 radical (unpaired) electrons. The van der Waals surface area contributed by atoms with Gasteiger partial charge in [-0.2, -0.15) is 13.2 Å². The molecule has 1 rings (SSSR count). The summed E-state index contributed by atoms with van der Waals surface area (Å²) in [5.41, 5.74) is 0. The van der Waals surface area contributed by atoms with E-state index in [2.05, 4.69) is 5.32 Å². The average Bonchev–Trinajstić information content (AvgIpc) is 2.80. The molecule has 1 heterocycles. The van der Waals surface area contributed by atoms with Crippen LogP contribution >= 0.6 is 0 Å². The van der Waals surface area contributed by atoms with Crippen LogP contribution in [0.4, 0.5) is 13.2 Å². The van der Waals surface area contributed by atoms with E-state index in [0.717, 1.165) is 25.9 Å². The Morgan fingerprint density at radius 2 is 1.95 bits per heavy atom. The lowest BCUT2D eigenvalue weighted by Gasteiger charge is -2.17. The van der Waals surface area contributed by atoms with Crippen LogP contribution in [-0.4, -0.2) is 42.7 Å². The largest absolute Gasteiger partial charge is 0.389 e. The van der Waals surface area contributed by atoms with Crippen molar-refractivity contribution in [3.05, 3.63) is 0 Å². The molecule has 0 aromatic rings. The number of likely N-dealkylation sites (tertiary alicyclic amines) is 1. The second kappa shape index (κ2) is 7.72. The molecule has 1 N–H and O–H groups in total. The maximum Gasteiger partial charge on any atom is 0.389 e. The van der Waals surface area contributed by atoms with Crippen LogP contribution in [0.3, 0.4) is 0 Å². The molecule has 1 amide bonds. The Morgan fingerprint density at radius 1 is 1.32 bits per heavy atom. The molecule has 0 aliphatic carbocycles. The molecule has 0 aromatic carbocycles. The Hall–Kier alpha value is -0.780. The van der Waals surface area contributed by atoms with Gasteiger partial charge < -0.3 is 10.2 Å². The Bertz CT molecular complexity index is 276. The van der Waals surface area contributed by atoms with Crippen LogP contribution in [0.2, 0.25) is 0 Å². The van der Waals surface area contributed by atoms with Crippen LogP contribution in [0.25, 0.3) is 0 Å². The maximum atomic E-state index is 12.0. The first-order valence-electron chi connectivity index (χ1n) is 6.96. The second-order valence-corrected chi connectivity index (χ2v) is 5.20. The lowest BCUT2D eigenvalue weighted by molar-refractivity contribution is -0.135. The van der Waals surface area contributed by atoms with Crippen LogP contribution in [-0.2, 0) is 4.79 Å².